The molecule has 2 fully saturated rings. The largest absolute Gasteiger partial charge is 0.349 e. The molecule has 3 rings (SSSR count). The second kappa shape index (κ2) is 5.63. The van der Waals surface area contributed by atoms with Crippen LogP contribution in [0.1, 0.15) is 36.0 Å². The Morgan fingerprint density at radius 1 is 1.15 bits per heavy atom. The van der Waals surface area contributed by atoms with Crippen LogP contribution in [0.25, 0.3) is 0 Å². The Morgan fingerprint density at radius 2 is 1.95 bits per heavy atom. The van der Waals surface area contributed by atoms with E-state index in [0.29, 0.717) is 17.3 Å². The van der Waals surface area contributed by atoms with Gasteiger partial charge in [-0.2, -0.15) is 0 Å². The summed E-state index contributed by atoms with van der Waals surface area (Å²) in [6, 6.07) is 7.32. The van der Waals surface area contributed by atoms with E-state index < -0.39 is 0 Å². The zero-order chi connectivity index (χ0) is 13.9. The highest BCUT2D eigenvalue weighted by Gasteiger charge is 2.26. The summed E-state index contributed by atoms with van der Waals surface area (Å²) in [5.41, 5.74) is 1.12. The lowest BCUT2D eigenvalue weighted by Gasteiger charge is -2.14. The molecule has 1 saturated carbocycles. The summed E-state index contributed by atoms with van der Waals surface area (Å²) in [4.78, 5) is 24.3. The van der Waals surface area contributed by atoms with E-state index in [2.05, 4.69) is 16.0 Å². The van der Waals surface area contributed by atoms with Gasteiger partial charge in [0, 0.05) is 6.04 Å². The van der Waals surface area contributed by atoms with Crippen LogP contribution in [0.4, 0.5) is 5.69 Å². The normalized spacial score (nSPS) is 21.5. The van der Waals surface area contributed by atoms with Crippen LogP contribution in [0.15, 0.2) is 24.3 Å². The molecule has 1 saturated heterocycles. The summed E-state index contributed by atoms with van der Waals surface area (Å²) >= 11 is 0. The van der Waals surface area contributed by atoms with Crippen molar-refractivity contribution in [2.75, 3.05) is 11.9 Å². The number of carbonyl (C=O) groups is 2. The quantitative estimate of drug-likeness (QED) is 0.773. The molecule has 0 aromatic heterocycles. The van der Waals surface area contributed by atoms with Gasteiger partial charge < -0.3 is 16.0 Å². The van der Waals surface area contributed by atoms with Crippen LogP contribution in [-0.2, 0) is 4.79 Å². The molecule has 0 unspecified atom stereocenters. The Bertz CT molecular complexity index is 520. The first-order valence-corrected chi connectivity index (χ1v) is 7.18. The van der Waals surface area contributed by atoms with Crippen LogP contribution in [0.2, 0.25) is 0 Å². The molecule has 3 N–H and O–H groups in total. The Morgan fingerprint density at radius 3 is 2.65 bits per heavy atom. The highest BCUT2D eigenvalue weighted by Crippen LogP contribution is 2.22. The molecular formula is C15H19N3O2. The molecule has 1 aliphatic carbocycles. The summed E-state index contributed by atoms with van der Waals surface area (Å²) in [7, 11) is 0. The van der Waals surface area contributed by atoms with Crippen molar-refractivity contribution < 1.29 is 9.59 Å². The zero-order valence-corrected chi connectivity index (χ0v) is 11.3. The van der Waals surface area contributed by atoms with Gasteiger partial charge in [-0.05, 0) is 44.4 Å². The third-order valence-corrected chi connectivity index (χ3v) is 3.72. The predicted octanol–water partition coefficient (Wildman–Crippen LogP) is 1.27. The van der Waals surface area contributed by atoms with Crippen LogP contribution < -0.4 is 16.0 Å². The maximum atomic E-state index is 12.1. The molecule has 20 heavy (non-hydrogen) atoms. The summed E-state index contributed by atoms with van der Waals surface area (Å²) < 4.78 is 0. The number of para-hydroxylation sites is 1. The Balaban J connectivity index is 1.71. The minimum atomic E-state index is -0.144. The molecule has 1 aromatic rings. The van der Waals surface area contributed by atoms with Gasteiger partial charge in [-0.15, -0.1) is 0 Å². The number of carbonyl (C=O) groups excluding carboxylic acids is 2. The minimum absolute atomic E-state index is 0.0610. The number of anilines is 1. The van der Waals surface area contributed by atoms with Gasteiger partial charge in [0.1, 0.15) is 0 Å². The summed E-state index contributed by atoms with van der Waals surface area (Å²) in [6.07, 6.45) is 3.96. The summed E-state index contributed by atoms with van der Waals surface area (Å²) in [5, 5.41) is 8.97. The van der Waals surface area contributed by atoms with E-state index in [0.717, 1.165) is 32.2 Å². The monoisotopic (exact) mass is 273 g/mol. The van der Waals surface area contributed by atoms with Crippen molar-refractivity contribution in [1.82, 2.24) is 10.6 Å². The van der Waals surface area contributed by atoms with Gasteiger partial charge >= 0.3 is 0 Å². The average molecular weight is 273 g/mol. The molecular weight excluding hydrogens is 254 g/mol. The van der Waals surface area contributed by atoms with Gasteiger partial charge in [-0.1, -0.05) is 12.1 Å². The van der Waals surface area contributed by atoms with E-state index in [1.54, 1.807) is 12.1 Å². The Hall–Kier alpha value is -1.88. The summed E-state index contributed by atoms with van der Waals surface area (Å²) in [5.74, 6) is -0.169. The SMILES string of the molecule is O=C(NC1CC1)c1ccccc1NC(=O)[C@@H]1CCCN1. The fourth-order valence-electron chi connectivity index (χ4n) is 2.41. The van der Waals surface area contributed by atoms with Crippen LogP contribution in [-0.4, -0.2) is 30.4 Å². The fourth-order valence-corrected chi connectivity index (χ4v) is 2.41. The van der Waals surface area contributed by atoms with Crippen molar-refractivity contribution in [3.8, 4) is 0 Å². The molecule has 106 valence electrons. The van der Waals surface area contributed by atoms with Gasteiger partial charge in [0.15, 0.2) is 0 Å². The molecule has 1 heterocycles. The minimum Gasteiger partial charge on any atom is -0.349 e. The Kier molecular flexibility index (Phi) is 3.69. The first kappa shape index (κ1) is 13.1. The Labute approximate surface area is 118 Å². The number of hydrogen-bond donors (Lipinski definition) is 3. The van der Waals surface area contributed by atoms with E-state index in [-0.39, 0.29) is 17.9 Å². The van der Waals surface area contributed by atoms with Crippen LogP contribution in [0.5, 0.6) is 0 Å². The van der Waals surface area contributed by atoms with Crippen molar-refractivity contribution in [3.63, 3.8) is 0 Å². The maximum absolute atomic E-state index is 12.1. The van der Waals surface area contributed by atoms with E-state index in [1.807, 2.05) is 12.1 Å². The van der Waals surface area contributed by atoms with Gasteiger partial charge in [0.05, 0.1) is 17.3 Å². The van der Waals surface area contributed by atoms with Crippen molar-refractivity contribution in [2.24, 2.45) is 0 Å². The third-order valence-electron chi connectivity index (χ3n) is 3.72. The fraction of sp³-hybridized carbons (Fsp3) is 0.467. The van der Waals surface area contributed by atoms with E-state index in [9.17, 15) is 9.59 Å². The second-order valence-electron chi connectivity index (χ2n) is 5.43. The predicted molar refractivity (Wildman–Crippen MR) is 76.6 cm³/mol. The summed E-state index contributed by atoms with van der Waals surface area (Å²) in [6.45, 7) is 0.877. The maximum Gasteiger partial charge on any atom is 0.253 e. The van der Waals surface area contributed by atoms with Gasteiger partial charge in [-0.25, -0.2) is 0 Å². The first-order chi connectivity index (χ1) is 9.74. The molecule has 5 heteroatoms. The second-order valence-corrected chi connectivity index (χ2v) is 5.43. The zero-order valence-electron chi connectivity index (χ0n) is 11.3. The number of hydrogen-bond acceptors (Lipinski definition) is 3. The molecule has 1 atom stereocenters. The highest BCUT2D eigenvalue weighted by atomic mass is 16.2. The van der Waals surface area contributed by atoms with Gasteiger partial charge in [-0.3, -0.25) is 9.59 Å². The van der Waals surface area contributed by atoms with Crippen molar-refractivity contribution in [3.05, 3.63) is 29.8 Å². The highest BCUT2D eigenvalue weighted by molar-refractivity contribution is 6.05. The standard InChI is InChI=1S/C15H19N3O2/c19-14(17-10-7-8-10)11-4-1-2-5-12(11)18-15(20)13-6-3-9-16-13/h1-2,4-5,10,13,16H,3,6-9H2,(H,17,19)(H,18,20)/t13-/m0/s1. The first-order valence-electron chi connectivity index (χ1n) is 7.18. The van der Waals surface area contributed by atoms with Crippen molar-refractivity contribution >= 4 is 17.5 Å². The van der Waals surface area contributed by atoms with E-state index in [1.165, 1.54) is 0 Å². The van der Waals surface area contributed by atoms with Gasteiger partial charge in [0.2, 0.25) is 5.91 Å². The van der Waals surface area contributed by atoms with E-state index in [4.69, 9.17) is 0 Å². The van der Waals surface area contributed by atoms with Crippen molar-refractivity contribution in [1.29, 1.82) is 0 Å². The average Bonchev–Trinajstić information content (AvgIpc) is 3.08. The molecule has 2 aliphatic rings. The lowest BCUT2D eigenvalue weighted by molar-refractivity contribution is -0.117. The van der Waals surface area contributed by atoms with E-state index >= 15 is 0 Å². The van der Waals surface area contributed by atoms with Gasteiger partial charge in [0.25, 0.3) is 5.91 Å². The van der Waals surface area contributed by atoms with Crippen LogP contribution in [0.3, 0.4) is 0 Å². The topological polar surface area (TPSA) is 70.2 Å². The molecule has 5 nitrogen and oxygen atoms in total. The smallest absolute Gasteiger partial charge is 0.253 e. The lowest BCUT2D eigenvalue weighted by atomic mass is 10.1. The number of amides is 2. The molecule has 0 radical (unpaired) electrons. The van der Waals surface area contributed by atoms with Crippen molar-refractivity contribution in [2.45, 2.75) is 37.8 Å². The van der Waals surface area contributed by atoms with Crippen LogP contribution >= 0.6 is 0 Å². The molecule has 0 bridgehead atoms. The molecule has 0 spiro atoms. The molecule has 1 aliphatic heterocycles. The number of rotatable bonds is 4. The number of benzene rings is 1. The molecule has 1 aromatic carbocycles. The third kappa shape index (κ3) is 2.99. The van der Waals surface area contributed by atoms with Crippen LogP contribution in [0, 0.1) is 0 Å². The lowest BCUT2D eigenvalue weighted by Crippen LogP contribution is -2.36. The molecule has 2 amide bonds. The number of nitrogens with one attached hydrogen (secondary N) is 3.